The van der Waals surface area contributed by atoms with Gasteiger partial charge in [0.25, 0.3) is 5.91 Å². The summed E-state index contributed by atoms with van der Waals surface area (Å²) in [4.78, 5) is 24.8. The van der Waals surface area contributed by atoms with Gasteiger partial charge in [-0.3, -0.25) is 9.69 Å². The summed E-state index contributed by atoms with van der Waals surface area (Å²) in [7, 11) is 0. The molecule has 0 atom stereocenters. The Labute approximate surface area is 290 Å². The Morgan fingerprint density at radius 2 is 1.50 bits per heavy atom. The molecule has 4 aromatic rings. The topological polar surface area (TPSA) is 79.4 Å². The first-order chi connectivity index (χ1) is 24.0. The van der Waals surface area contributed by atoms with Crippen molar-refractivity contribution in [2.75, 3.05) is 10.6 Å². The van der Waals surface area contributed by atoms with E-state index in [9.17, 15) is 18.0 Å². The van der Waals surface area contributed by atoms with Gasteiger partial charge in [-0.1, -0.05) is 50.7 Å². The van der Waals surface area contributed by atoms with Crippen LogP contribution in [-0.4, -0.2) is 39.2 Å². The SMILES string of the molecule is Cc1ccc(CN(C2CCCCC2)C2CCCCC2)cc1NC(=O)c1ccc(Nc2ncc(C)c(-c3ccc(OC(F)(F)F)cc3)n2)c(F)c1. The van der Waals surface area contributed by atoms with E-state index in [1.165, 1.54) is 113 Å². The largest absolute Gasteiger partial charge is 0.573 e. The molecule has 1 amide bonds. The van der Waals surface area contributed by atoms with Gasteiger partial charge in [0.05, 0.1) is 11.4 Å². The highest BCUT2D eigenvalue weighted by Crippen LogP contribution is 2.33. The molecule has 7 nitrogen and oxygen atoms in total. The maximum absolute atomic E-state index is 15.3. The number of amides is 1. The highest BCUT2D eigenvalue weighted by Gasteiger charge is 2.31. The number of aromatic nitrogens is 2. The summed E-state index contributed by atoms with van der Waals surface area (Å²) in [6.07, 6.45) is 9.51. The van der Waals surface area contributed by atoms with Gasteiger partial charge in [-0.2, -0.15) is 0 Å². The number of benzene rings is 3. The first-order valence-electron chi connectivity index (χ1n) is 17.5. The molecule has 0 radical (unpaired) electrons. The van der Waals surface area contributed by atoms with Gasteiger partial charge < -0.3 is 15.4 Å². The second-order valence-electron chi connectivity index (χ2n) is 13.5. The third-order valence-corrected chi connectivity index (χ3v) is 9.81. The molecule has 3 aromatic carbocycles. The van der Waals surface area contributed by atoms with Gasteiger partial charge in [0.15, 0.2) is 0 Å². The van der Waals surface area contributed by atoms with Crippen LogP contribution in [0.1, 0.15) is 91.3 Å². The van der Waals surface area contributed by atoms with Gasteiger partial charge in [0.2, 0.25) is 5.95 Å². The highest BCUT2D eigenvalue weighted by atomic mass is 19.4. The zero-order chi connectivity index (χ0) is 35.3. The van der Waals surface area contributed by atoms with Crippen LogP contribution >= 0.6 is 0 Å². The normalized spacial score (nSPS) is 16.0. The second kappa shape index (κ2) is 15.6. The number of nitrogens with one attached hydrogen (secondary N) is 2. The molecule has 2 aliphatic rings. The Morgan fingerprint density at radius 3 is 2.12 bits per heavy atom. The Kier molecular flexibility index (Phi) is 11.0. The van der Waals surface area contributed by atoms with Crippen molar-refractivity contribution in [3.63, 3.8) is 0 Å². The van der Waals surface area contributed by atoms with E-state index >= 15 is 4.39 Å². The fourth-order valence-corrected chi connectivity index (χ4v) is 7.18. The number of anilines is 3. The summed E-state index contributed by atoms with van der Waals surface area (Å²) >= 11 is 0. The average molecular weight is 690 g/mol. The lowest BCUT2D eigenvalue weighted by Crippen LogP contribution is -2.44. The van der Waals surface area contributed by atoms with Gasteiger partial charge in [-0.15, -0.1) is 13.2 Å². The minimum atomic E-state index is -4.79. The number of aryl methyl sites for hydroxylation is 2. The first kappa shape index (κ1) is 35.3. The number of halogens is 4. The quantitative estimate of drug-likeness (QED) is 0.161. The van der Waals surface area contributed by atoms with Crippen molar-refractivity contribution < 1.29 is 27.1 Å². The van der Waals surface area contributed by atoms with Gasteiger partial charge in [-0.05, 0) is 105 Å². The van der Waals surface area contributed by atoms with Crippen molar-refractivity contribution in [1.29, 1.82) is 0 Å². The average Bonchev–Trinajstić information content (AvgIpc) is 3.10. The Bertz CT molecular complexity index is 1770. The second-order valence-corrected chi connectivity index (χ2v) is 13.5. The van der Waals surface area contributed by atoms with E-state index in [0.29, 0.717) is 34.6 Å². The maximum atomic E-state index is 15.3. The van der Waals surface area contributed by atoms with Crippen LogP contribution in [-0.2, 0) is 6.54 Å². The lowest BCUT2D eigenvalue weighted by atomic mass is 9.88. The summed E-state index contributed by atoms with van der Waals surface area (Å²) in [5, 5.41) is 5.85. The van der Waals surface area contributed by atoms with Gasteiger partial charge in [0, 0.05) is 41.6 Å². The third kappa shape index (κ3) is 8.98. The van der Waals surface area contributed by atoms with Crippen LogP contribution in [0.5, 0.6) is 5.75 Å². The monoisotopic (exact) mass is 689 g/mol. The molecule has 2 aliphatic carbocycles. The van der Waals surface area contributed by atoms with Crippen molar-refractivity contribution in [1.82, 2.24) is 14.9 Å². The van der Waals surface area contributed by atoms with Crippen molar-refractivity contribution in [2.24, 2.45) is 0 Å². The highest BCUT2D eigenvalue weighted by molar-refractivity contribution is 6.05. The number of hydrogen-bond donors (Lipinski definition) is 2. The van der Waals surface area contributed by atoms with E-state index in [0.717, 1.165) is 17.7 Å². The third-order valence-electron chi connectivity index (χ3n) is 9.81. The summed E-state index contributed by atoms with van der Waals surface area (Å²) in [5.74, 6) is -1.35. The number of ether oxygens (including phenoxy) is 1. The van der Waals surface area contributed by atoms with Crippen molar-refractivity contribution in [3.8, 4) is 17.0 Å². The minimum absolute atomic E-state index is 0.0639. The molecule has 0 saturated heterocycles. The molecule has 2 fully saturated rings. The molecular weight excluding hydrogens is 646 g/mol. The molecule has 0 bridgehead atoms. The fourth-order valence-electron chi connectivity index (χ4n) is 7.18. The lowest BCUT2D eigenvalue weighted by Gasteiger charge is -2.42. The molecule has 6 rings (SSSR count). The van der Waals surface area contributed by atoms with Crippen molar-refractivity contribution in [3.05, 3.63) is 94.9 Å². The smallest absolute Gasteiger partial charge is 0.406 e. The summed E-state index contributed by atoms with van der Waals surface area (Å²) in [6.45, 7) is 4.57. The van der Waals surface area contributed by atoms with Crippen LogP contribution in [0.2, 0.25) is 0 Å². The molecule has 11 heteroatoms. The Hall–Kier alpha value is -4.51. The fraction of sp³-hybridized carbons (Fsp3) is 0.410. The summed E-state index contributed by atoms with van der Waals surface area (Å²) in [5.41, 5.74) is 4.68. The maximum Gasteiger partial charge on any atom is 0.573 e. The van der Waals surface area contributed by atoms with E-state index < -0.39 is 18.1 Å². The molecule has 0 aliphatic heterocycles. The predicted molar refractivity (Wildman–Crippen MR) is 187 cm³/mol. The van der Waals surface area contributed by atoms with Crippen LogP contribution in [0.15, 0.2) is 66.9 Å². The molecule has 264 valence electrons. The van der Waals surface area contributed by atoms with Gasteiger partial charge in [-0.25, -0.2) is 14.4 Å². The molecule has 50 heavy (non-hydrogen) atoms. The number of nitrogens with zero attached hydrogens (tertiary/aromatic N) is 3. The first-order valence-corrected chi connectivity index (χ1v) is 17.5. The number of hydrogen-bond acceptors (Lipinski definition) is 6. The molecule has 2 N–H and O–H groups in total. The number of carbonyl (C=O) groups is 1. The standard InChI is InChI=1S/C39H43F4N5O2/c1-25-13-14-27(24-48(30-9-5-3-6-10-30)31-11-7-4-8-12-31)21-35(25)45-37(49)29-17-20-34(33(40)22-29)46-38-44-23-26(2)36(47-38)28-15-18-32(19-16-28)50-39(41,42)43/h13-23,30-31H,3-12,24H2,1-2H3,(H,45,49)(H,44,46,47). The van der Waals surface area contributed by atoms with E-state index in [1.807, 2.05) is 13.0 Å². The molecular formula is C39H43F4N5O2. The molecule has 0 spiro atoms. The molecule has 2 saturated carbocycles. The predicted octanol–water partition coefficient (Wildman–Crippen LogP) is 10.3. The van der Waals surface area contributed by atoms with Crippen LogP contribution < -0.4 is 15.4 Å². The van der Waals surface area contributed by atoms with Gasteiger partial charge in [0.1, 0.15) is 11.6 Å². The number of carbonyl (C=O) groups excluding carboxylic acids is 1. The van der Waals surface area contributed by atoms with Crippen LogP contribution in [0.3, 0.4) is 0 Å². The lowest BCUT2D eigenvalue weighted by molar-refractivity contribution is -0.274. The van der Waals surface area contributed by atoms with Crippen LogP contribution in [0.25, 0.3) is 11.3 Å². The molecule has 1 heterocycles. The Morgan fingerprint density at radius 1 is 0.840 bits per heavy atom. The van der Waals surface area contributed by atoms with E-state index in [1.54, 1.807) is 6.92 Å². The Balaban J connectivity index is 1.13. The zero-order valence-corrected chi connectivity index (χ0v) is 28.5. The van der Waals surface area contributed by atoms with Crippen LogP contribution in [0, 0.1) is 19.7 Å². The number of rotatable bonds is 10. The van der Waals surface area contributed by atoms with E-state index in [4.69, 9.17) is 0 Å². The van der Waals surface area contributed by atoms with Crippen molar-refractivity contribution in [2.45, 2.75) is 103 Å². The van der Waals surface area contributed by atoms with Crippen LogP contribution in [0.4, 0.5) is 34.9 Å². The number of alkyl halides is 3. The summed E-state index contributed by atoms with van der Waals surface area (Å²) < 4.78 is 57.0. The molecule has 0 unspecified atom stereocenters. The zero-order valence-electron chi connectivity index (χ0n) is 28.5. The van der Waals surface area contributed by atoms with E-state index in [2.05, 4.69) is 42.4 Å². The van der Waals surface area contributed by atoms with E-state index in [-0.39, 0.29) is 22.9 Å². The summed E-state index contributed by atoms with van der Waals surface area (Å²) in [6, 6.07) is 16.9. The van der Waals surface area contributed by atoms with Crippen molar-refractivity contribution >= 4 is 23.2 Å². The van der Waals surface area contributed by atoms with Gasteiger partial charge >= 0.3 is 6.36 Å². The molecule has 1 aromatic heterocycles. The minimum Gasteiger partial charge on any atom is -0.406 e.